The second-order valence-electron chi connectivity index (χ2n) is 5.45. The number of thiophene rings is 1. The van der Waals surface area contributed by atoms with E-state index in [2.05, 4.69) is 14.9 Å². The van der Waals surface area contributed by atoms with Gasteiger partial charge in [-0.05, 0) is 12.1 Å². The van der Waals surface area contributed by atoms with Crippen molar-refractivity contribution in [1.82, 2.24) is 9.97 Å². The van der Waals surface area contributed by atoms with Crippen molar-refractivity contribution in [2.45, 2.75) is 6.23 Å². The summed E-state index contributed by atoms with van der Waals surface area (Å²) >= 11 is 1.27. The van der Waals surface area contributed by atoms with Crippen LogP contribution in [0.1, 0.15) is 11.1 Å². The van der Waals surface area contributed by atoms with E-state index in [4.69, 9.17) is 20.6 Å². The van der Waals surface area contributed by atoms with Gasteiger partial charge in [-0.15, -0.1) is 11.3 Å². The molecule has 0 radical (unpaired) electrons. The Hall–Kier alpha value is -2.20. The Morgan fingerprint density at radius 3 is 2.75 bits per heavy atom. The molecule has 9 heteroatoms. The largest absolute Gasteiger partial charge is 0.463 e. The van der Waals surface area contributed by atoms with Gasteiger partial charge < -0.3 is 30.6 Å². The number of hydrogen-bond donors (Lipinski definition) is 3. The molecule has 0 amide bonds. The van der Waals surface area contributed by atoms with Crippen molar-refractivity contribution in [3.05, 3.63) is 23.3 Å². The molecule has 0 aliphatic carbocycles. The minimum Gasteiger partial charge on any atom is -0.463 e. The molecule has 1 aliphatic rings. The highest BCUT2D eigenvalue weighted by atomic mass is 32.1. The van der Waals surface area contributed by atoms with E-state index >= 15 is 0 Å². The van der Waals surface area contributed by atoms with Gasteiger partial charge >= 0.3 is 0 Å². The molecular weight excluding hydrogens is 330 g/mol. The minimum atomic E-state index is -1.15. The summed E-state index contributed by atoms with van der Waals surface area (Å²) < 4.78 is 10.9. The number of nitrogen functional groups attached to an aromatic ring is 1. The Morgan fingerprint density at radius 1 is 1.29 bits per heavy atom. The predicted octanol–water partition coefficient (Wildman–Crippen LogP) is 1.32. The average molecular weight is 347 g/mol. The van der Waals surface area contributed by atoms with Crippen molar-refractivity contribution in [2.24, 2.45) is 5.73 Å². The number of hydrogen-bond acceptors (Lipinski definition) is 9. The van der Waals surface area contributed by atoms with Crippen molar-refractivity contribution in [3.8, 4) is 11.5 Å². The van der Waals surface area contributed by atoms with Crippen molar-refractivity contribution in [1.29, 1.82) is 0 Å². The highest BCUT2D eigenvalue weighted by Crippen LogP contribution is 2.41. The lowest BCUT2D eigenvalue weighted by molar-refractivity contribution is 0.122. The molecule has 0 spiro atoms. The third-order valence-corrected chi connectivity index (χ3v) is 5.09. The Bertz CT molecular complexity index is 856. The molecule has 1 saturated heterocycles. The zero-order valence-electron chi connectivity index (χ0n) is 12.8. The van der Waals surface area contributed by atoms with E-state index in [0.29, 0.717) is 51.4 Å². The van der Waals surface area contributed by atoms with Crippen molar-refractivity contribution < 1.29 is 14.3 Å². The second-order valence-corrected chi connectivity index (χ2v) is 6.48. The van der Waals surface area contributed by atoms with E-state index in [1.54, 1.807) is 12.3 Å². The summed E-state index contributed by atoms with van der Waals surface area (Å²) in [6.45, 7) is 2.71. The number of ether oxygens (including phenoxy) is 1. The van der Waals surface area contributed by atoms with Gasteiger partial charge in [0, 0.05) is 13.1 Å². The van der Waals surface area contributed by atoms with E-state index in [1.165, 1.54) is 11.3 Å². The number of nitrogens with two attached hydrogens (primary N) is 2. The number of anilines is 2. The highest BCUT2D eigenvalue weighted by molar-refractivity contribution is 7.19. The van der Waals surface area contributed by atoms with Gasteiger partial charge in [-0.3, -0.25) is 0 Å². The van der Waals surface area contributed by atoms with Gasteiger partial charge in [-0.2, -0.15) is 0 Å². The van der Waals surface area contributed by atoms with Crippen LogP contribution < -0.4 is 16.4 Å². The molecule has 126 valence electrons. The lowest BCUT2D eigenvalue weighted by Crippen LogP contribution is -2.37. The molecular formula is C15H17N5O3S. The molecule has 0 bridgehead atoms. The summed E-state index contributed by atoms with van der Waals surface area (Å²) in [5.41, 5.74) is 12.8. The standard InChI is InChI=1S/C15H17N5O3S/c16-10-9-11(8-2-1-5-23-8)18-15(20-3-6-22-7-4-20)19-14(9)24-12(10)13(17)21/h1-2,5,13,21H,3-4,6-7,16-17H2. The van der Waals surface area contributed by atoms with E-state index in [9.17, 15) is 5.11 Å². The fraction of sp³-hybridized carbons (Fsp3) is 0.333. The van der Waals surface area contributed by atoms with Crippen LogP contribution in [0.25, 0.3) is 21.7 Å². The number of morpholine rings is 1. The van der Waals surface area contributed by atoms with E-state index in [-0.39, 0.29) is 0 Å². The molecule has 4 heterocycles. The number of fused-ring (bicyclic) bond motifs is 1. The first-order chi connectivity index (χ1) is 11.6. The van der Waals surface area contributed by atoms with Gasteiger partial charge in [0.15, 0.2) is 5.76 Å². The van der Waals surface area contributed by atoms with Gasteiger partial charge in [0.05, 0.1) is 35.4 Å². The summed E-state index contributed by atoms with van der Waals surface area (Å²) in [4.78, 5) is 12.5. The van der Waals surface area contributed by atoms with Gasteiger partial charge in [0.2, 0.25) is 5.95 Å². The van der Waals surface area contributed by atoms with Crippen molar-refractivity contribution in [3.63, 3.8) is 0 Å². The zero-order valence-corrected chi connectivity index (χ0v) is 13.6. The van der Waals surface area contributed by atoms with Crippen LogP contribution in [0.15, 0.2) is 22.8 Å². The predicted molar refractivity (Wildman–Crippen MR) is 91.7 cm³/mol. The Morgan fingerprint density at radius 2 is 2.08 bits per heavy atom. The first-order valence-electron chi connectivity index (χ1n) is 7.55. The lowest BCUT2D eigenvalue weighted by atomic mass is 10.2. The number of aromatic nitrogens is 2. The van der Waals surface area contributed by atoms with Crippen LogP contribution in [0.4, 0.5) is 11.6 Å². The molecule has 0 saturated carbocycles. The molecule has 1 atom stereocenters. The van der Waals surface area contributed by atoms with Crippen LogP contribution >= 0.6 is 11.3 Å². The topological polar surface area (TPSA) is 124 Å². The molecule has 4 rings (SSSR count). The molecule has 3 aromatic heterocycles. The first kappa shape index (κ1) is 15.3. The molecule has 1 aliphatic heterocycles. The van der Waals surface area contributed by atoms with Gasteiger partial charge in [-0.1, -0.05) is 0 Å². The maximum Gasteiger partial charge on any atom is 0.227 e. The van der Waals surface area contributed by atoms with Crippen LogP contribution in [0.5, 0.6) is 0 Å². The van der Waals surface area contributed by atoms with Crippen LogP contribution in [0.2, 0.25) is 0 Å². The third kappa shape index (κ3) is 2.51. The smallest absolute Gasteiger partial charge is 0.227 e. The third-order valence-electron chi connectivity index (χ3n) is 3.92. The quantitative estimate of drug-likeness (QED) is 0.606. The molecule has 0 aromatic carbocycles. The molecule has 1 fully saturated rings. The van der Waals surface area contributed by atoms with Gasteiger partial charge in [0.25, 0.3) is 0 Å². The van der Waals surface area contributed by atoms with Crippen LogP contribution in [-0.2, 0) is 4.74 Å². The molecule has 24 heavy (non-hydrogen) atoms. The van der Waals surface area contributed by atoms with E-state index in [0.717, 1.165) is 13.1 Å². The minimum absolute atomic E-state index is 0.393. The molecule has 8 nitrogen and oxygen atoms in total. The maximum atomic E-state index is 9.75. The number of rotatable bonds is 3. The SMILES string of the molecule is Nc1c(C(N)O)sc2nc(N3CCOCC3)nc(-c3ccco3)c12. The summed E-state index contributed by atoms with van der Waals surface area (Å²) in [7, 11) is 0. The highest BCUT2D eigenvalue weighted by Gasteiger charge is 2.24. The molecule has 1 unspecified atom stereocenters. The van der Waals surface area contributed by atoms with Crippen LogP contribution in [-0.4, -0.2) is 41.4 Å². The van der Waals surface area contributed by atoms with E-state index < -0.39 is 6.23 Å². The molecule has 5 N–H and O–H groups in total. The number of furan rings is 1. The molecule has 3 aromatic rings. The fourth-order valence-electron chi connectivity index (χ4n) is 2.74. The Kier molecular flexibility index (Phi) is 3.85. The van der Waals surface area contributed by atoms with Crippen LogP contribution in [0, 0.1) is 0 Å². The normalized spacial score (nSPS) is 16.7. The average Bonchev–Trinajstić information content (AvgIpc) is 3.23. The summed E-state index contributed by atoms with van der Waals surface area (Å²) in [5.74, 6) is 1.19. The second kappa shape index (κ2) is 6.02. The van der Waals surface area contributed by atoms with Crippen LogP contribution in [0.3, 0.4) is 0 Å². The monoisotopic (exact) mass is 347 g/mol. The lowest BCUT2D eigenvalue weighted by Gasteiger charge is -2.26. The Balaban J connectivity index is 1.94. The Labute approximate surface area is 141 Å². The van der Waals surface area contributed by atoms with Gasteiger partial charge in [0.1, 0.15) is 16.8 Å². The zero-order chi connectivity index (χ0) is 16.7. The van der Waals surface area contributed by atoms with Crippen molar-refractivity contribution in [2.75, 3.05) is 36.9 Å². The van der Waals surface area contributed by atoms with Crippen molar-refractivity contribution >= 4 is 33.2 Å². The van der Waals surface area contributed by atoms with Gasteiger partial charge in [-0.25, -0.2) is 9.97 Å². The fourth-order valence-corrected chi connectivity index (χ4v) is 3.72. The summed E-state index contributed by atoms with van der Waals surface area (Å²) in [6, 6.07) is 3.61. The maximum absolute atomic E-state index is 9.75. The number of aliphatic hydroxyl groups excluding tert-OH is 1. The summed E-state index contributed by atoms with van der Waals surface area (Å²) in [6.07, 6.45) is 0.430. The number of aliphatic hydroxyl groups is 1. The first-order valence-corrected chi connectivity index (χ1v) is 8.37. The summed E-state index contributed by atoms with van der Waals surface area (Å²) in [5, 5.41) is 10.4. The van der Waals surface area contributed by atoms with E-state index in [1.807, 2.05) is 6.07 Å². The number of nitrogens with zero attached hydrogens (tertiary/aromatic N) is 3.